The minimum absolute atomic E-state index is 0.0320. The van der Waals surface area contributed by atoms with Crippen molar-refractivity contribution in [3.63, 3.8) is 0 Å². The van der Waals surface area contributed by atoms with Crippen LogP contribution in [0.15, 0.2) is 65.7 Å². The molecule has 2 aromatic carbocycles. The second-order valence-electron chi connectivity index (χ2n) is 8.44. The molecule has 1 aromatic heterocycles. The molecule has 1 aliphatic rings. The lowest BCUT2D eigenvalue weighted by Gasteiger charge is -2.28. The smallest absolute Gasteiger partial charge is 0.242 e. The van der Waals surface area contributed by atoms with Crippen molar-refractivity contribution in [1.29, 1.82) is 0 Å². The summed E-state index contributed by atoms with van der Waals surface area (Å²) in [5, 5.41) is 3.84. The van der Waals surface area contributed by atoms with Crippen molar-refractivity contribution in [3.8, 4) is 0 Å². The number of aryl methyl sites for hydroxylation is 1. The third kappa shape index (κ3) is 5.16. The highest BCUT2D eigenvalue weighted by Gasteiger charge is 2.28. The van der Waals surface area contributed by atoms with Gasteiger partial charge in [0.15, 0.2) is 0 Å². The molecule has 32 heavy (non-hydrogen) atoms. The number of carbonyl (C=O) groups excluding carboxylic acids is 1. The van der Waals surface area contributed by atoms with Crippen LogP contribution in [0.4, 0.5) is 5.69 Å². The van der Waals surface area contributed by atoms with Gasteiger partial charge >= 0.3 is 0 Å². The summed E-state index contributed by atoms with van der Waals surface area (Å²) >= 11 is 0. The first kappa shape index (κ1) is 22.4. The Morgan fingerprint density at radius 2 is 1.78 bits per heavy atom. The molecule has 0 bridgehead atoms. The van der Waals surface area contributed by atoms with Crippen molar-refractivity contribution in [2.75, 3.05) is 11.9 Å². The van der Waals surface area contributed by atoms with Gasteiger partial charge in [0.2, 0.25) is 15.9 Å². The van der Waals surface area contributed by atoms with Crippen LogP contribution in [0.3, 0.4) is 0 Å². The Bertz CT molecular complexity index is 1200. The summed E-state index contributed by atoms with van der Waals surface area (Å²) in [4.78, 5) is 17.1. The normalized spacial score (nSPS) is 19.0. The molecule has 1 aliphatic carbocycles. The fraction of sp³-hybridized carbons (Fsp3) is 0.360. The Morgan fingerprint density at radius 1 is 1.03 bits per heavy atom. The Hall–Kier alpha value is -2.77. The number of amides is 1. The average Bonchev–Trinajstić information content (AvgIpc) is 2.83. The number of nitrogens with zero attached hydrogens (tertiary/aromatic N) is 1. The number of nitrogens with one attached hydrogen (secondary N) is 2. The zero-order valence-corrected chi connectivity index (χ0v) is 19.1. The Morgan fingerprint density at radius 3 is 2.56 bits per heavy atom. The topological polar surface area (TPSA) is 88.2 Å². The average molecular weight is 452 g/mol. The van der Waals surface area contributed by atoms with E-state index in [2.05, 4.69) is 28.0 Å². The highest BCUT2D eigenvalue weighted by molar-refractivity contribution is 7.89. The molecular weight excluding hydrogens is 422 g/mol. The van der Waals surface area contributed by atoms with Gasteiger partial charge in [-0.05, 0) is 67.9 Å². The first-order valence-electron chi connectivity index (χ1n) is 11.2. The number of aromatic nitrogens is 1. The minimum Gasteiger partial charge on any atom is -0.326 e. The first-order chi connectivity index (χ1) is 15.5. The summed E-state index contributed by atoms with van der Waals surface area (Å²) in [6.45, 7) is 2.46. The third-order valence-electron chi connectivity index (χ3n) is 6.27. The van der Waals surface area contributed by atoms with E-state index in [1.165, 1.54) is 5.56 Å². The number of fused-ring (bicyclic) bond motifs is 1. The number of hydrogen-bond donors (Lipinski definition) is 2. The van der Waals surface area contributed by atoms with Crippen LogP contribution in [0.25, 0.3) is 10.9 Å². The summed E-state index contributed by atoms with van der Waals surface area (Å²) < 4.78 is 28.6. The quantitative estimate of drug-likeness (QED) is 0.553. The molecule has 0 radical (unpaired) electrons. The fourth-order valence-corrected chi connectivity index (χ4v) is 5.63. The summed E-state index contributed by atoms with van der Waals surface area (Å²) in [6, 6.07) is 16.8. The Kier molecular flexibility index (Phi) is 6.86. The van der Waals surface area contributed by atoms with E-state index < -0.39 is 10.0 Å². The molecule has 3 aromatic rings. The maximum Gasteiger partial charge on any atom is 0.242 e. The highest BCUT2D eigenvalue weighted by atomic mass is 32.2. The van der Waals surface area contributed by atoms with Gasteiger partial charge < -0.3 is 5.32 Å². The van der Waals surface area contributed by atoms with Crippen LogP contribution < -0.4 is 10.0 Å². The molecule has 1 fully saturated rings. The van der Waals surface area contributed by atoms with Gasteiger partial charge in [0.05, 0.1) is 5.52 Å². The van der Waals surface area contributed by atoms with Gasteiger partial charge in [0, 0.05) is 29.7 Å². The van der Waals surface area contributed by atoms with Gasteiger partial charge in [-0.15, -0.1) is 0 Å². The molecule has 1 amide bonds. The van der Waals surface area contributed by atoms with E-state index in [9.17, 15) is 13.2 Å². The maximum atomic E-state index is 12.9. The predicted molar refractivity (Wildman–Crippen MR) is 127 cm³/mol. The standard InChI is InChI=1S/C25H29N3O3S/c1-2-18-6-3-9-22(16-18)28-25(29)21-13-11-19(12-14-21)17-27-32(30,31)23-10-4-7-20-8-5-15-26-24(20)23/h3-10,15-16,19,21,27H,2,11-14,17H2,1H3,(H,28,29). The van der Waals surface area contributed by atoms with Crippen molar-refractivity contribution in [2.45, 2.75) is 43.9 Å². The fourth-order valence-electron chi connectivity index (χ4n) is 4.34. The molecule has 7 heteroatoms. The lowest BCUT2D eigenvalue weighted by Crippen LogP contribution is -2.33. The lowest BCUT2D eigenvalue weighted by atomic mass is 9.81. The van der Waals surface area contributed by atoms with Gasteiger partial charge in [-0.2, -0.15) is 0 Å². The monoisotopic (exact) mass is 451 g/mol. The van der Waals surface area contributed by atoms with E-state index in [1.54, 1.807) is 24.4 Å². The van der Waals surface area contributed by atoms with E-state index in [0.29, 0.717) is 12.1 Å². The number of sulfonamides is 1. The summed E-state index contributed by atoms with van der Waals surface area (Å²) in [6.07, 6.45) is 5.71. The molecule has 1 heterocycles. The highest BCUT2D eigenvalue weighted by Crippen LogP contribution is 2.30. The summed E-state index contributed by atoms with van der Waals surface area (Å²) in [5.74, 6) is 0.245. The van der Waals surface area contributed by atoms with Gasteiger partial charge in [-0.3, -0.25) is 9.78 Å². The van der Waals surface area contributed by atoms with Crippen molar-refractivity contribution in [1.82, 2.24) is 9.71 Å². The molecular formula is C25H29N3O3S. The van der Waals surface area contributed by atoms with E-state index in [4.69, 9.17) is 0 Å². The molecule has 1 saturated carbocycles. The van der Waals surface area contributed by atoms with Crippen LogP contribution in [0.5, 0.6) is 0 Å². The van der Waals surface area contributed by atoms with Crippen LogP contribution in [-0.2, 0) is 21.2 Å². The third-order valence-corrected chi connectivity index (χ3v) is 7.72. The van der Waals surface area contributed by atoms with Crippen LogP contribution in [0, 0.1) is 11.8 Å². The molecule has 0 aliphatic heterocycles. The van der Waals surface area contributed by atoms with Crippen molar-refractivity contribution in [3.05, 3.63) is 66.4 Å². The van der Waals surface area contributed by atoms with E-state index in [0.717, 1.165) is 43.2 Å². The number of para-hydroxylation sites is 1. The number of benzene rings is 2. The van der Waals surface area contributed by atoms with Crippen molar-refractivity contribution < 1.29 is 13.2 Å². The van der Waals surface area contributed by atoms with Crippen LogP contribution >= 0.6 is 0 Å². The van der Waals surface area contributed by atoms with Gasteiger partial charge in [-0.25, -0.2) is 13.1 Å². The number of anilines is 1. The molecule has 0 atom stereocenters. The predicted octanol–water partition coefficient (Wildman–Crippen LogP) is 4.52. The zero-order chi connectivity index (χ0) is 22.6. The second kappa shape index (κ2) is 9.79. The molecule has 0 unspecified atom stereocenters. The molecule has 168 valence electrons. The number of carbonyl (C=O) groups is 1. The molecule has 4 rings (SSSR count). The van der Waals surface area contributed by atoms with Crippen LogP contribution in [0.1, 0.15) is 38.2 Å². The molecule has 0 spiro atoms. The molecule has 2 N–H and O–H groups in total. The number of hydrogen-bond acceptors (Lipinski definition) is 4. The lowest BCUT2D eigenvalue weighted by molar-refractivity contribution is -0.121. The van der Waals surface area contributed by atoms with E-state index >= 15 is 0 Å². The second-order valence-corrected chi connectivity index (χ2v) is 10.2. The van der Waals surface area contributed by atoms with Gasteiger partial charge in [-0.1, -0.05) is 37.3 Å². The largest absolute Gasteiger partial charge is 0.326 e. The van der Waals surface area contributed by atoms with Gasteiger partial charge in [0.1, 0.15) is 4.90 Å². The number of rotatable bonds is 7. The first-order valence-corrected chi connectivity index (χ1v) is 12.7. The summed E-state index contributed by atoms with van der Waals surface area (Å²) in [5.41, 5.74) is 2.52. The molecule has 6 nitrogen and oxygen atoms in total. The zero-order valence-electron chi connectivity index (χ0n) is 18.3. The SMILES string of the molecule is CCc1cccc(NC(=O)C2CCC(CNS(=O)(=O)c3cccc4cccnc34)CC2)c1. The van der Waals surface area contributed by atoms with Crippen LogP contribution in [-0.4, -0.2) is 25.9 Å². The number of pyridine rings is 1. The van der Waals surface area contributed by atoms with Crippen molar-refractivity contribution >= 4 is 32.5 Å². The Labute approximate surface area is 189 Å². The Balaban J connectivity index is 1.31. The maximum absolute atomic E-state index is 12.9. The van der Waals surface area contributed by atoms with Gasteiger partial charge in [0.25, 0.3) is 0 Å². The summed E-state index contributed by atoms with van der Waals surface area (Å²) in [7, 11) is -3.66. The minimum atomic E-state index is -3.66. The van der Waals surface area contributed by atoms with Crippen molar-refractivity contribution in [2.24, 2.45) is 11.8 Å². The molecule has 0 saturated heterocycles. The van der Waals surface area contributed by atoms with E-state index in [-0.39, 0.29) is 22.6 Å². The van der Waals surface area contributed by atoms with E-state index in [1.807, 2.05) is 30.3 Å². The van der Waals surface area contributed by atoms with Crippen LogP contribution in [0.2, 0.25) is 0 Å².